The van der Waals surface area contributed by atoms with Gasteiger partial charge in [0.05, 0.1) is 8.80 Å². The molecule has 0 heterocycles. The van der Waals surface area contributed by atoms with Gasteiger partial charge in [-0.25, -0.2) is 0 Å². The van der Waals surface area contributed by atoms with E-state index < -0.39 is 8.80 Å². The molecular weight excluding hydrogens is 156 g/mol. The molecule has 0 radical (unpaired) electrons. The lowest BCUT2D eigenvalue weighted by molar-refractivity contribution is 0.249. The zero-order valence-corrected chi connectivity index (χ0v) is 9.99. The first kappa shape index (κ1) is 10.4. The van der Waals surface area contributed by atoms with E-state index in [-0.39, 0.29) is 8.80 Å². The van der Waals surface area contributed by atoms with Crippen molar-refractivity contribution in [2.45, 2.75) is 31.7 Å². The lowest BCUT2D eigenvalue weighted by Gasteiger charge is -2.11. The number of hydrogen-bond acceptors (Lipinski definition) is 1. The third-order valence-corrected chi connectivity index (χ3v) is 10.7. The van der Waals surface area contributed by atoms with E-state index >= 15 is 0 Å². The molecule has 0 bridgehead atoms. The Morgan fingerprint density at radius 3 is 2.20 bits per heavy atom. The highest BCUT2D eigenvalue weighted by atomic mass is 28.3. The Morgan fingerprint density at radius 2 is 1.80 bits per heavy atom. The molecule has 0 saturated carbocycles. The van der Waals surface area contributed by atoms with E-state index in [1.807, 2.05) is 7.11 Å². The van der Waals surface area contributed by atoms with Gasteiger partial charge in [-0.1, -0.05) is 31.7 Å². The van der Waals surface area contributed by atoms with Crippen LogP contribution in [0.1, 0.15) is 6.92 Å². The van der Waals surface area contributed by atoms with Crippen LogP contribution in [0.15, 0.2) is 0 Å². The maximum atomic E-state index is 5.13. The van der Waals surface area contributed by atoms with Gasteiger partial charge >= 0.3 is 0 Å². The average Bonchev–Trinajstić information content (AvgIpc) is 1.88. The molecule has 0 rings (SSSR count). The summed E-state index contributed by atoms with van der Waals surface area (Å²) < 4.78 is 5.13. The van der Waals surface area contributed by atoms with Crippen LogP contribution >= 0.6 is 0 Å². The van der Waals surface area contributed by atoms with Gasteiger partial charge in [0.25, 0.3) is 0 Å². The summed E-state index contributed by atoms with van der Waals surface area (Å²) in [5, 5.41) is 0. The second-order valence-corrected chi connectivity index (χ2v) is 10.8. The van der Waals surface area contributed by atoms with Crippen molar-refractivity contribution in [1.82, 2.24) is 0 Å². The minimum Gasteiger partial charge on any atom is -0.388 e. The number of hydrogen-bond donors (Lipinski definition) is 0. The molecule has 0 aliphatic heterocycles. The van der Waals surface area contributed by atoms with Crippen LogP contribution in [-0.4, -0.2) is 30.9 Å². The summed E-state index contributed by atoms with van der Waals surface area (Å²) >= 11 is 0. The van der Waals surface area contributed by atoms with Crippen LogP contribution in [0.4, 0.5) is 0 Å². The highest BCUT2D eigenvalue weighted by Crippen LogP contribution is 2.01. The molecule has 3 heteroatoms. The van der Waals surface area contributed by atoms with Crippen molar-refractivity contribution in [3.05, 3.63) is 0 Å². The first-order valence-corrected chi connectivity index (χ1v) is 9.77. The lowest BCUT2D eigenvalue weighted by atomic mass is 11.0. The molecule has 10 heavy (non-hydrogen) atoms. The van der Waals surface area contributed by atoms with Crippen molar-refractivity contribution in [2.75, 3.05) is 13.3 Å². The maximum Gasteiger partial charge on any atom is 0.0618 e. The molecule has 62 valence electrons. The van der Waals surface area contributed by atoms with Crippen molar-refractivity contribution in [3.8, 4) is 0 Å². The largest absolute Gasteiger partial charge is 0.388 e. The molecular formula is C7H20OSi2. The van der Waals surface area contributed by atoms with Gasteiger partial charge in [0, 0.05) is 22.1 Å². The van der Waals surface area contributed by atoms with Gasteiger partial charge in [-0.15, -0.1) is 0 Å². The van der Waals surface area contributed by atoms with Gasteiger partial charge in [0.2, 0.25) is 0 Å². The summed E-state index contributed by atoms with van der Waals surface area (Å²) in [5.41, 5.74) is 1.57. The standard InChI is InChI=1S/C7H20OSi2/c1-5-9(3)7-10(4)6-8-2/h9-10H,5-7H2,1-4H3. The summed E-state index contributed by atoms with van der Waals surface area (Å²) in [4.78, 5) is 0. The third kappa shape index (κ3) is 5.20. The van der Waals surface area contributed by atoms with Crippen LogP contribution in [0.25, 0.3) is 0 Å². The topological polar surface area (TPSA) is 9.23 Å². The zero-order valence-electron chi connectivity index (χ0n) is 7.68. The molecule has 0 spiro atoms. The molecule has 0 N–H and O–H groups in total. The van der Waals surface area contributed by atoms with Gasteiger partial charge in [0.15, 0.2) is 0 Å². The van der Waals surface area contributed by atoms with Crippen molar-refractivity contribution in [3.63, 3.8) is 0 Å². The minimum atomic E-state index is -0.438. The quantitative estimate of drug-likeness (QED) is 0.576. The Morgan fingerprint density at radius 1 is 1.20 bits per heavy atom. The molecule has 2 atom stereocenters. The van der Waals surface area contributed by atoms with Crippen molar-refractivity contribution in [2.24, 2.45) is 0 Å². The average molecular weight is 176 g/mol. The van der Waals surface area contributed by atoms with Gasteiger partial charge in [-0.3, -0.25) is 0 Å². The molecule has 0 aromatic rings. The van der Waals surface area contributed by atoms with E-state index in [1.165, 1.54) is 6.04 Å². The zero-order chi connectivity index (χ0) is 7.98. The van der Waals surface area contributed by atoms with Crippen LogP contribution < -0.4 is 0 Å². The fourth-order valence-electron chi connectivity index (χ4n) is 1.21. The summed E-state index contributed by atoms with van der Waals surface area (Å²) in [6.07, 6.45) is 1.08. The van der Waals surface area contributed by atoms with Gasteiger partial charge in [-0.05, 0) is 0 Å². The molecule has 0 aliphatic carbocycles. The first-order valence-electron chi connectivity index (χ1n) is 4.19. The lowest BCUT2D eigenvalue weighted by Crippen LogP contribution is -2.22. The molecule has 0 amide bonds. The van der Waals surface area contributed by atoms with E-state index in [2.05, 4.69) is 20.0 Å². The number of methoxy groups -OCH3 is 1. The first-order chi connectivity index (χ1) is 4.70. The Bertz CT molecular complexity index is 78.0. The maximum absolute atomic E-state index is 5.13. The molecule has 2 unspecified atom stereocenters. The number of ether oxygens (including phenoxy) is 1. The fourth-order valence-corrected chi connectivity index (χ4v) is 9.15. The summed E-state index contributed by atoms with van der Waals surface area (Å²) in [5.74, 6) is 0. The van der Waals surface area contributed by atoms with Crippen LogP contribution in [0.2, 0.25) is 24.8 Å². The Labute approximate surface area is 68.0 Å². The smallest absolute Gasteiger partial charge is 0.0618 e. The van der Waals surface area contributed by atoms with Crippen LogP contribution in [0.5, 0.6) is 0 Å². The minimum absolute atomic E-state index is 0.289. The van der Waals surface area contributed by atoms with Gasteiger partial charge in [-0.2, -0.15) is 0 Å². The fraction of sp³-hybridized carbons (Fsp3) is 1.00. The van der Waals surface area contributed by atoms with Crippen molar-refractivity contribution < 1.29 is 4.74 Å². The van der Waals surface area contributed by atoms with Gasteiger partial charge < -0.3 is 4.74 Å². The Kier molecular flexibility index (Phi) is 6.37. The Hall–Kier alpha value is 0.394. The Balaban J connectivity index is 3.27. The van der Waals surface area contributed by atoms with Gasteiger partial charge in [0.1, 0.15) is 0 Å². The SMILES string of the molecule is CC[SiH](C)C[SiH](C)COC. The second-order valence-electron chi connectivity index (χ2n) is 3.31. The van der Waals surface area contributed by atoms with E-state index in [4.69, 9.17) is 4.74 Å². The number of rotatable bonds is 5. The van der Waals surface area contributed by atoms with Crippen molar-refractivity contribution in [1.29, 1.82) is 0 Å². The third-order valence-electron chi connectivity index (χ3n) is 1.95. The van der Waals surface area contributed by atoms with E-state index in [0.29, 0.717) is 0 Å². The highest BCUT2D eigenvalue weighted by Gasteiger charge is 2.08. The molecule has 0 aliphatic rings. The molecule has 1 nitrogen and oxygen atoms in total. The summed E-state index contributed by atoms with van der Waals surface area (Å²) in [6.45, 7) is 7.21. The van der Waals surface area contributed by atoms with E-state index in [0.717, 1.165) is 6.23 Å². The predicted molar refractivity (Wildman–Crippen MR) is 53.2 cm³/mol. The molecule has 0 saturated heterocycles. The highest BCUT2D eigenvalue weighted by molar-refractivity contribution is 6.76. The molecule has 0 fully saturated rings. The normalized spacial score (nSPS) is 16.8. The second kappa shape index (κ2) is 6.13. The molecule has 0 aromatic heterocycles. The van der Waals surface area contributed by atoms with Crippen LogP contribution in [0, 0.1) is 0 Å². The summed E-state index contributed by atoms with van der Waals surface area (Å²) in [6, 6.07) is 1.46. The van der Waals surface area contributed by atoms with E-state index in [9.17, 15) is 0 Å². The monoisotopic (exact) mass is 176 g/mol. The predicted octanol–water partition coefficient (Wildman–Crippen LogP) is 1.44. The van der Waals surface area contributed by atoms with E-state index in [1.54, 1.807) is 5.67 Å². The van der Waals surface area contributed by atoms with Crippen LogP contribution in [-0.2, 0) is 4.74 Å². The molecule has 0 aromatic carbocycles. The summed E-state index contributed by atoms with van der Waals surface area (Å²) in [7, 11) is 1.09. The van der Waals surface area contributed by atoms with Crippen LogP contribution in [0.3, 0.4) is 0 Å². The van der Waals surface area contributed by atoms with Crippen molar-refractivity contribution >= 4 is 17.6 Å².